The van der Waals surface area contributed by atoms with E-state index in [1.807, 2.05) is 19.9 Å². The molecular formula is C24H24ClNO5. The van der Waals surface area contributed by atoms with Gasteiger partial charge in [0.05, 0.1) is 25.3 Å². The Balaban J connectivity index is 1.60. The Bertz CT molecular complexity index is 1130. The number of hydrogen-bond donors (Lipinski definition) is 1. The minimum Gasteiger partial charge on any atom is -0.490 e. The number of carbonyl (C=O) groups is 2. The first-order valence-electron chi connectivity index (χ1n) is 10.4. The van der Waals surface area contributed by atoms with Gasteiger partial charge in [0.15, 0.2) is 17.3 Å². The van der Waals surface area contributed by atoms with Gasteiger partial charge in [0, 0.05) is 16.3 Å². The second kappa shape index (κ2) is 9.02. The highest BCUT2D eigenvalue weighted by Gasteiger charge is 2.35. The third kappa shape index (κ3) is 4.69. The van der Waals surface area contributed by atoms with Crippen molar-refractivity contribution < 1.29 is 23.5 Å². The number of hydrogen-bond acceptors (Lipinski definition) is 5. The minimum absolute atomic E-state index is 0.0356. The van der Waals surface area contributed by atoms with Crippen molar-refractivity contribution in [2.24, 2.45) is 5.92 Å². The maximum Gasteiger partial charge on any atom is 0.228 e. The first kappa shape index (κ1) is 21.2. The summed E-state index contributed by atoms with van der Waals surface area (Å²) >= 11 is 6.14. The Kier molecular flexibility index (Phi) is 6.18. The summed E-state index contributed by atoms with van der Waals surface area (Å²) in [5.41, 5.74) is 1.67. The monoisotopic (exact) mass is 441 g/mol. The molecule has 0 radical (unpaired) electrons. The van der Waals surface area contributed by atoms with Crippen molar-refractivity contribution in [3.05, 3.63) is 52.7 Å². The number of ether oxygens (including phenoxy) is 2. The summed E-state index contributed by atoms with van der Waals surface area (Å²) < 4.78 is 17.0. The Hall–Kier alpha value is -2.99. The molecule has 162 valence electrons. The van der Waals surface area contributed by atoms with Crippen LogP contribution in [0.5, 0.6) is 11.5 Å². The van der Waals surface area contributed by atoms with E-state index in [2.05, 4.69) is 5.32 Å². The Morgan fingerprint density at radius 1 is 1.06 bits per heavy atom. The van der Waals surface area contributed by atoms with Crippen LogP contribution >= 0.6 is 11.6 Å². The number of amides is 1. The van der Waals surface area contributed by atoms with Crippen LogP contribution in [0.25, 0.3) is 11.0 Å². The summed E-state index contributed by atoms with van der Waals surface area (Å²) in [4.78, 5) is 25.6. The number of carbonyl (C=O) groups excluding carboxylic acids is 2. The summed E-state index contributed by atoms with van der Waals surface area (Å²) in [6.07, 6.45) is 1.80. The fourth-order valence-corrected chi connectivity index (χ4v) is 3.64. The molecule has 6 nitrogen and oxygen atoms in total. The molecule has 3 aromatic rings. The van der Waals surface area contributed by atoms with Crippen LogP contribution in [0.15, 0.2) is 40.8 Å². The highest BCUT2D eigenvalue weighted by Crippen LogP contribution is 2.39. The van der Waals surface area contributed by atoms with Gasteiger partial charge >= 0.3 is 0 Å². The van der Waals surface area contributed by atoms with E-state index in [1.165, 1.54) is 0 Å². The molecule has 0 bridgehead atoms. The van der Waals surface area contributed by atoms with E-state index < -0.39 is 0 Å². The molecule has 1 aromatic heterocycles. The molecule has 1 aliphatic carbocycles. The number of halogens is 1. The van der Waals surface area contributed by atoms with Gasteiger partial charge in [-0.3, -0.25) is 9.59 Å². The molecule has 4 rings (SSSR count). The highest BCUT2D eigenvalue weighted by atomic mass is 35.5. The quantitative estimate of drug-likeness (QED) is 0.433. The van der Waals surface area contributed by atoms with Crippen molar-refractivity contribution in [3.63, 3.8) is 0 Å². The summed E-state index contributed by atoms with van der Waals surface area (Å²) in [5.74, 6) is 1.05. The molecule has 31 heavy (non-hydrogen) atoms. The van der Waals surface area contributed by atoms with E-state index >= 15 is 0 Å². The lowest BCUT2D eigenvalue weighted by Crippen LogP contribution is -2.16. The van der Waals surface area contributed by atoms with Crippen molar-refractivity contribution in [1.29, 1.82) is 0 Å². The molecule has 1 saturated carbocycles. The molecule has 0 atom stereocenters. The molecule has 1 aliphatic rings. The molecule has 1 fully saturated rings. The number of ketones is 1. The molecule has 1 heterocycles. The van der Waals surface area contributed by atoms with Crippen LogP contribution in [0.3, 0.4) is 0 Å². The van der Waals surface area contributed by atoms with Crippen LogP contribution in [0.4, 0.5) is 5.69 Å². The predicted molar refractivity (Wildman–Crippen MR) is 119 cm³/mol. The van der Waals surface area contributed by atoms with Gasteiger partial charge in [0.1, 0.15) is 5.58 Å². The van der Waals surface area contributed by atoms with Crippen molar-refractivity contribution in [2.75, 3.05) is 18.5 Å². The highest BCUT2D eigenvalue weighted by molar-refractivity contribution is 6.31. The van der Waals surface area contributed by atoms with Crippen LogP contribution in [0.2, 0.25) is 5.02 Å². The first-order chi connectivity index (χ1) is 15.0. The lowest BCUT2D eigenvalue weighted by molar-refractivity contribution is -0.115. The maximum atomic E-state index is 12.9. The second-order valence-corrected chi connectivity index (χ2v) is 7.89. The van der Waals surface area contributed by atoms with Gasteiger partial charge in [0.25, 0.3) is 0 Å². The molecular weight excluding hydrogens is 418 g/mol. The van der Waals surface area contributed by atoms with Crippen LogP contribution < -0.4 is 14.8 Å². The van der Waals surface area contributed by atoms with Crippen LogP contribution in [0, 0.1) is 5.92 Å². The Labute approximate surface area is 185 Å². The summed E-state index contributed by atoms with van der Waals surface area (Å²) in [5, 5.41) is 4.00. The number of fused-ring (bicyclic) bond motifs is 1. The van der Waals surface area contributed by atoms with Crippen molar-refractivity contribution >= 4 is 39.9 Å². The van der Waals surface area contributed by atoms with Crippen molar-refractivity contribution in [3.8, 4) is 11.5 Å². The number of anilines is 1. The molecule has 1 N–H and O–H groups in total. The lowest BCUT2D eigenvalue weighted by atomic mass is 10.1. The van der Waals surface area contributed by atoms with E-state index in [4.69, 9.17) is 25.5 Å². The largest absolute Gasteiger partial charge is 0.490 e. The van der Waals surface area contributed by atoms with Gasteiger partial charge in [-0.2, -0.15) is 0 Å². The van der Waals surface area contributed by atoms with Crippen LogP contribution in [0.1, 0.15) is 42.8 Å². The smallest absolute Gasteiger partial charge is 0.228 e. The minimum atomic E-state index is -0.265. The first-order valence-corrected chi connectivity index (χ1v) is 10.8. The fourth-order valence-electron chi connectivity index (χ4n) is 3.47. The molecule has 2 aromatic carbocycles. The van der Waals surface area contributed by atoms with E-state index in [-0.39, 0.29) is 29.8 Å². The predicted octanol–water partition coefficient (Wildman–Crippen LogP) is 5.66. The normalized spacial score (nSPS) is 13.3. The van der Waals surface area contributed by atoms with Gasteiger partial charge in [-0.1, -0.05) is 17.7 Å². The molecule has 0 aliphatic heterocycles. The van der Waals surface area contributed by atoms with E-state index in [1.54, 1.807) is 30.3 Å². The Morgan fingerprint density at radius 3 is 2.52 bits per heavy atom. The van der Waals surface area contributed by atoms with Crippen LogP contribution in [-0.4, -0.2) is 24.9 Å². The molecule has 0 unspecified atom stereocenters. The zero-order chi connectivity index (χ0) is 22.0. The third-order valence-electron chi connectivity index (χ3n) is 5.06. The van der Waals surface area contributed by atoms with Gasteiger partial charge in [-0.25, -0.2) is 0 Å². The Morgan fingerprint density at radius 2 is 1.81 bits per heavy atom. The average Bonchev–Trinajstić information content (AvgIpc) is 3.53. The number of rotatable bonds is 9. The molecule has 1 amide bonds. The molecule has 0 saturated heterocycles. The SMILES string of the molecule is CCOc1ccc(CC(=O)Nc2c(C(=O)C3CC3)oc3ccc(Cl)cc23)cc1OCC. The van der Waals surface area contributed by atoms with Gasteiger partial charge in [-0.15, -0.1) is 0 Å². The molecule has 7 heteroatoms. The van der Waals surface area contributed by atoms with Gasteiger partial charge < -0.3 is 19.2 Å². The second-order valence-electron chi connectivity index (χ2n) is 7.46. The van der Waals surface area contributed by atoms with E-state index in [9.17, 15) is 9.59 Å². The van der Waals surface area contributed by atoms with E-state index in [0.29, 0.717) is 46.4 Å². The number of furan rings is 1. The standard InChI is InChI=1S/C24H24ClNO5/c1-3-29-19-9-5-14(11-20(19)30-4-2)12-21(27)26-22-17-13-16(25)8-10-18(17)31-24(22)23(28)15-6-7-15/h5,8-11,13,15H,3-4,6-7,12H2,1-2H3,(H,26,27). The van der Waals surface area contributed by atoms with Gasteiger partial charge in [-0.05, 0) is 62.6 Å². The average molecular weight is 442 g/mol. The lowest BCUT2D eigenvalue weighted by Gasteiger charge is -2.12. The zero-order valence-corrected chi connectivity index (χ0v) is 18.3. The van der Waals surface area contributed by atoms with E-state index in [0.717, 1.165) is 18.4 Å². The summed E-state index contributed by atoms with van der Waals surface area (Å²) in [6, 6.07) is 10.5. The van der Waals surface area contributed by atoms with Crippen LogP contribution in [-0.2, 0) is 11.2 Å². The third-order valence-corrected chi connectivity index (χ3v) is 5.29. The topological polar surface area (TPSA) is 77.8 Å². The number of Topliss-reactive ketones (excluding diaryl/α,β-unsaturated/α-hetero) is 1. The van der Waals surface area contributed by atoms with Crippen molar-refractivity contribution in [1.82, 2.24) is 0 Å². The molecule has 0 spiro atoms. The summed E-state index contributed by atoms with van der Waals surface area (Å²) in [6.45, 7) is 4.81. The summed E-state index contributed by atoms with van der Waals surface area (Å²) in [7, 11) is 0. The van der Waals surface area contributed by atoms with Crippen molar-refractivity contribution in [2.45, 2.75) is 33.1 Å². The maximum absolute atomic E-state index is 12.9. The zero-order valence-electron chi connectivity index (χ0n) is 17.5. The fraction of sp³-hybridized carbons (Fsp3) is 0.333. The number of benzene rings is 2. The van der Waals surface area contributed by atoms with Gasteiger partial charge in [0.2, 0.25) is 11.7 Å². The number of nitrogens with one attached hydrogen (secondary N) is 1.